The molecule has 1 heterocycles. The number of aliphatic hydroxyl groups excluding tert-OH is 1. The molecular formula is C46H66O7SSi2. The minimum Gasteiger partial charge on any atom is -0.461 e. The Hall–Kier alpha value is -2.66. The molecule has 0 aromatic heterocycles. The van der Waals surface area contributed by atoms with Gasteiger partial charge in [-0.1, -0.05) is 116 Å². The number of thioether (sulfide) groups is 1. The van der Waals surface area contributed by atoms with Crippen molar-refractivity contribution < 1.29 is 33.0 Å². The Labute approximate surface area is 343 Å². The van der Waals surface area contributed by atoms with E-state index in [1.807, 2.05) is 61.5 Å². The highest BCUT2D eigenvalue weighted by Gasteiger charge is 2.62. The van der Waals surface area contributed by atoms with Gasteiger partial charge in [-0.25, -0.2) is 4.79 Å². The topological polar surface area (TPSA) is 91.3 Å². The van der Waals surface area contributed by atoms with E-state index in [1.54, 1.807) is 12.1 Å². The van der Waals surface area contributed by atoms with Crippen molar-refractivity contribution in [2.24, 2.45) is 11.8 Å². The van der Waals surface area contributed by atoms with Gasteiger partial charge in [-0.3, -0.25) is 4.79 Å². The van der Waals surface area contributed by atoms with Gasteiger partial charge in [-0.2, -0.15) is 0 Å². The molecule has 2 aliphatic carbocycles. The molecule has 7 nitrogen and oxygen atoms in total. The van der Waals surface area contributed by atoms with E-state index in [9.17, 15) is 14.7 Å². The molecule has 306 valence electrons. The second-order valence-corrected chi connectivity index (χ2v) is 30.3. The molecule has 2 bridgehead atoms. The number of fused-ring (bicyclic) bond motifs is 3. The van der Waals surface area contributed by atoms with E-state index >= 15 is 0 Å². The third-order valence-electron chi connectivity index (χ3n) is 12.9. The van der Waals surface area contributed by atoms with Crippen molar-refractivity contribution in [2.45, 2.75) is 170 Å². The lowest BCUT2D eigenvalue weighted by Gasteiger charge is -2.58. The molecule has 1 aliphatic heterocycles. The van der Waals surface area contributed by atoms with Crippen LogP contribution in [0.15, 0.2) is 77.2 Å². The molecule has 0 radical (unpaired) electrons. The van der Waals surface area contributed by atoms with Crippen molar-refractivity contribution in [1.29, 1.82) is 0 Å². The van der Waals surface area contributed by atoms with Crippen LogP contribution in [-0.2, 0) is 23.1 Å². The summed E-state index contributed by atoms with van der Waals surface area (Å²) in [4.78, 5) is 28.5. The van der Waals surface area contributed by atoms with Gasteiger partial charge in [0.2, 0.25) is 8.32 Å². The Bertz CT molecular complexity index is 1740. The van der Waals surface area contributed by atoms with Crippen LogP contribution in [0.5, 0.6) is 0 Å². The average molecular weight is 819 g/mol. The van der Waals surface area contributed by atoms with Gasteiger partial charge in [-0.05, 0) is 78.4 Å². The summed E-state index contributed by atoms with van der Waals surface area (Å²) >= 11 is 1.40. The van der Waals surface area contributed by atoms with Crippen LogP contribution in [0.4, 0.5) is 0 Å². The smallest absolute Gasteiger partial charge is 0.338 e. The highest BCUT2D eigenvalue weighted by Crippen LogP contribution is 2.54. The Kier molecular flexibility index (Phi) is 14.0. The Morgan fingerprint density at radius 1 is 0.929 bits per heavy atom. The molecule has 2 aromatic rings. The van der Waals surface area contributed by atoms with Crippen LogP contribution < -0.4 is 0 Å². The third kappa shape index (κ3) is 9.29. The SMILES string of the molecule is C/C1=C\[C@@H](OC(=O)c2ccccc2)CC#C[C@@H]2[C@@H](CC(O)C3(Sc4ccccc4)C[C@H](C1)OC3=O)[C@@H](O[Si](C)(C)C(C)(C)C)[C@@H]2O[Si](C(C)C)(C(C)C)C(C)C. The molecule has 1 N–H and O–H groups in total. The summed E-state index contributed by atoms with van der Waals surface area (Å²) in [6.45, 7) is 27.0. The molecule has 10 heteroatoms. The van der Waals surface area contributed by atoms with Crippen LogP contribution in [0.25, 0.3) is 0 Å². The van der Waals surface area contributed by atoms with Crippen molar-refractivity contribution in [1.82, 2.24) is 0 Å². The van der Waals surface area contributed by atoms with E-state index < -0.39 is 51.6 Å². The minimum atomic E-state index is -2.43. The summed E-state index contributed by atoms with van der Waals surface area (Å²) in [5.74, 6) is 5.81. The maximum atomic E-state index is 14.3. The predicted octanol–water partition coefficient (Wildman–Crippen LogP) is 10.8. The van der Waals surface area contributed by atoms with Gasteiger partial charge < -0.3 is 23.4 Å². The van der Waals surface area contributed by atoms with Gasteiger partial charge in [0, 0.05) is 30.1 Å². The predicted molar refractivity (Wildman–Crippen MR) is 232 cm³/mol. The molecule has 5 rings (SSSR count). The number of benzene rings is 2. The molecular weight excluding hydrogens is 753 g/mol. The third-order valence-corrected chi connectivity index (χ3v) is 25.0. The lowest BCUT2D eigenvalue weighted by Crippen LogP contribution is -2.67. The van der Waals surface area contributed by atoms with E-state index in [0.717, 1.165) is 10.5 Å². The highest BCUT2D eigenvalue weighted by molar-refractivity contribution is 8.01. The second kappa shape index (κ2) is 17.7. The molecule has 0 spiro atoms. The normalized spacial score (nSPS) is 29.7. The standard InChI is InChI=1S/C46H66O7SSi2/c1-30(2)56(31(3)4,32(5)6)53-41-38-25-19-22-35(50-43(48)34-20-15-13-16-21-34)26-33(7)27-36-29-46(44(49)51-36,54-37-23-17-14-18-24-37)40(47)28-39(38)42(41)52-55(11,12)45(8,9)10/h13-18,20-21,23-24,26,30-32,35-36,38-42,47H,22,27-29H2,1-12H3/b33-26+/t35-,36-,38+,39+,40?,41+,42+,46?/m0/s1. The van der Waals surface area contributed by atoms with Gasteiger partial charge in [-0.15, -0.1) is 11.8 Å². The largest absolute Gasteiger partial charge is 0.461 e. The van der Waals surface area contributed by atoms with Gasteiger partial charge in [0.25, 0.3) is 0 Å². The Morgan fingerprint density at radius 3 is 2.09 bits per heavy atom. The quantitative estimate of drug-likeness (QED) is 0.104. The number of rotatable bonds is 11. The van der Waals surface area contributed by atoms with Gasteiger partial charge in [0.1, 0.15) is 17.0 Å². The minimum absolute atomic E-state index is 0.0654. The zero-order valence-corrected chi connectivity index (χ0v) is 38.6. The van der Waals surface area contributed by atoms with E-state index in [-0.39, 0.29) is 29.1 Å². The summed E-state index contributed by atoms with van der Waals surface area (Å²) in [6.07, 6.45) is 0.609. The van der Waals surface area contributed by atoms with E-state index in [0.29, 0.717) is 47.9 Å². The summed E-state index contributed by atoms with van der Waals surface area (Å²) in [5.41, 5.74) is 2.44. The Morgan fingerprint density at radius 2 is 1.52 bits per heavy atom. The molecule has 56 heavy (non-hydrogen) atoms. The first-order valence-electron chi connectivity index (χ1n) is 20.6. The van der Waals surface area contributed by atoms with Crippen molar-refractivity contribution in [2.75, 3.05) is 0 Å². The molecule has 2 fully saturated rings. The number of ether oxygens (including phenoxy) is 2. The fourth-order valence-corrected chi connectivity index (χ4v) is 17.3. The average Bonchev–Trinajstić information content (AvgIpc) is 3.42. The molecule has 2 aromatic carbocycles. The van der Waals surface area contributed by atoms with Gasteiger partial charge in [0.15, 0.2) is 8.32 Å². The van der Waals surface area contributed by atoms with E-state index in [2.05, 4.69) is 87.2 Å². The lowest BCUT2D eigenvalue weighted by atomic mass is 9.65. The van der Waals surface area contributed by atoms with Crippen molar-refractivity contribution >= 4 is 40.3 Å². The fourth-order valence-electron chi connectivity index (χ4n) is 9.01. The second-order valence-electron chi connectivity index (χ2n) is 18.8. The van der Waals surface area contributed by atoms with Crippen molar-refractivity contribution in [3.63, 3.8) is 0 Å². The zero-order chi connectivity index (χ0) is 41.2. The molecule has 2 unspecified atom stereocenters. The van der Waals surface area contributed by atoms with Crippen molar-refractivity contribution in [3.8, 4) is 11.8 Å². The van der Waals surface area contributed by atoms with Crippen LogP contribution in [0.1, 0.15) is 105 Å². The first-order chi connectivity index (χ1) is 26.2. The van der Waals surface area contributed by atoms with Crippen molar-refractivity contribution in [3.05, 3.63) is 77.9 Å². The summed E-state index contributed by atoms with van der Waals surface area (Å²) in [6, 6.07) is 18.8. The number of esters is 2. The first-order valence-corrected chi connectivity index (χ1v) is 26.5. The zero-order valence-electron chi connectivity index (χ0n) is 35.8. The van der Waals surface area contributed by atoms with Crippen LogP contribution >= 0.6 is 11.8 Å². The lowest BCUT2D eigenvalue weighted by molar-refractivity contribution is -0.149. The van der Waals surface area contributed by atoms with Gasteiger partial charge >= 0.3 is 11.9 Å². The number of hydrogen-bond donors (Lipinski definition) is 1. The molecule has 8 atom stereocenters. The number of hydrogen-bond acceptors (Lipinski definition) is 8. The molecule has 1 saturated heterocycles. The monoisotopic (exact) mass is 818 g/mol. The van der Waals surface area contributed by atoms with E-state index in [1.165, 1.54) is 11.8 Å². The first kappa shape index (κ1) is 44.4. The molecule has 0 amide bonds. The Balaban J connectivity index is 1.64. The van der Waals surface area contributed by atoms with Gasteiger partial charge in [0.05, 0.1) is 29.8 Å². The molecule has 1 saturated carbocycles. The van der Waals surface area contributed by atoms with Crippen LogP contribution in [0.3, 0.4) is 0 Å². The van der Waals surface area contributed by atoms with Crippen LogP contribution in [0.2, 0.25) is 34.8 Å². The number of aliphatic hydroxyl groups is 1. The maximum absolute atomic E-state index is 14.3. The number of carbonyl (C=O) groups excluding carboxylic acids is 2. The number of carbonyl (C=O) groups is 2. The summed E-state index contributed by atoms with van der Waals surface area (Å²) in [5, 5.41) is 12.5. The highest BCUT2D eigenvalue weighted by atomic mass is 32.2. The summed E-state index contributed by atoms with van der Waals surface area (Å²) in [7, 11) is -4.78. The molecule has 3 aliphatic rings. The maximum Gasteiger partial charge on any atom is 0.338 e. The fraction of sp³-hybridized carbons (Fsp3) is 0.609. The van der Waals surface area contributed by atoms with Crippen LogP contribution in [-0.4, -0.2) is 68.9 Å². The summed E-state index contributed by atoms with van der Waals surface area (Å²) < 4.78 is 26.0. The van der Waals surface area contributed by atoms with E-state index in [4.69, 9.17) is 18.3 Å². The van der Waals surface area contributed by atoms with Crippen LogP contribution in [0, 0.1) is 23.7 Å².